The minimum Gasteiger partial charge on any atom is -0.457 e. The maximum absolute atomic E-state index is 12.5. The second kappa shape index (κ2) is 8.73. The van der Waals surface area contributed by atoms with Gasteiger partial charge in [0.2, 0.25) is 5.78 Å². The van der Waals surface area contributed by atoms with Crippen LogP contribution in [-0.4, -0.2) is 33.7 Å². The predicted molar refractivity (Wildman–Crippen MR) is 108 cm³/mol. The molecule has 0 amide bonds. The molecular weight excluding hydrogens is 404 g/mol. The Labute approximate surface area is 170 Å². The number of nitrogens with zero attached hydrogens (tertiary/aromatic N) is 2. The van der Waals surface area contributed by atoms with Crippen LogP contribution in [0.1, 0.15) is 21.7 Å². The summed E-state index contributed by atoms with van der Waals surface area (Å²) in [6.45, 7) is 3.48. The molecule has 27 heavy (non-hydrogen) atoms. The molecule has 2 heterocycles. The molecule has 0 spiro atoms. The molecule has 0 aliphatic carbocycles. The van der Waals surface area contributed by atoms with Crippen molar-refractivity contribution in [1.29, 1.82) is 0 Å². The van der Waals surface area contributed by atoms with Crippen LogP contribution in [0.15, 0.2) is 46.8 Å². The van der Waals surface area contributed by atoms with E-state index in [0.717, 1.165) is 21.4 Å². The van der Waals surface area contributed by atoms with E-state index in [1.54, 1.807) is 18.3 Å². The number of esters is 1. The second-order valence-corrected chi connectivity index (χ2v) is 8.04. The third-order valence-corrected chi connectivity index (χ3v) is 6.13. The molecule has 8 heteroatoms. The van der Waals surface area contributed by atoms with Crippen LogP contribution in [0.5, 0.6) is 0 Å². The molecule has 0 N–H and O–H groups in total. The number of halogens is 1. The lowest BCUT2D eigenvalue weighted by atomic mass is 10.1. The number of Topliss-reactive ketones (excluding diaryl/α,β-unsaturated/α-hetero) is 1. The van der Waals surface area contributed by atoms with Crippen molar-refractivity contribution in [2.45, 2.75) is 18.7 Å². The van der Waals surface area contributed by atoms with Gasteiger partial charge >= 0.3 is 5.97 Å². The number of aromatic nitrogens is 2. The summed E-state index contributed by atoms with van der Waals surface area (Å²) < 4.78 is 7.06. The number of benzene rings is 1. The van der Waals surface area contributed by atoms with Gasteiger partial charge in [0.1, 0.15) is 0 Å². The number of hydrogen-bond acceptors (Lipinski definition) is 6. The Morgan fingerprint density at radius 3 is 2.78 bits per heavy atom. The minimum absolute atomic E-state index is 0.0924. The summed E-state index contributed by atoms with van der Waals surface area (Å²) in [6.07, 6.45) is 1.72. The number of hydrogen-bond donors (Lipinski definition) is 0. The van der Waals surface area contributed by atoms with E-state index < -0.39 is 5.97 Å². The zero-order valence-corrected chi connectivity index (χ0v) is 17.2. The van der Waals surface area contributed by atoms with Crippen molar-refractivity contribution < 1.29 is 14.3 Å². The number of thioether (sulfide) groups is 1. The number of thiazole rings is 1. The van der Waals surface area contributed by atoms with Gasteiger partial charge in [-0.05, 0) is 32.0 Å². The lowest BCUT2D eigenvalue weighted by Crippen LogP contribution is -2.16. The zero-order valence-electron chi connectivity index (χ0n) is 14.8. The van der Waals surface area contributed by atoms with Crippen molar-refractivity contribution in [2.75, 3.05) is 12.4 Å². The first-order valence-corrected chi connectivity index (χ1v) is 10.4. The van der Waals surface area contributed by atoms with Crippen molar-refractivity contribution in [1.82, 2.24) is 9.55 Å². The van der Waals surface area contributed by atoms with Gasteiger partial charge in [-0.1, -0.05) is 23.7 Å². The molecule has 5 nitrogen and oxygen atoms in total. The standard InChI is InChI=1S/C19H17ClN2O3S2/c1-12-9-14(13(2)22(12)19-21-7-8-26-19)16(23)10-25-18(24)11-27-17-6-4-3-5-15(17)20/h3-9H,10-11H2,1-2H3. The van der Waals surface area contributed by atoms with Gasteiger partial charge in [0.15, 0.2) is 11.7 Å². The van der Waals surface area contributed by atoms with Gasteiger partial charge < -0.3 is 4.74 Å². The summed E-state index contributed by atoms with van der Waals surface area (Å²) >= 11 is 8.84. The fraction of sp³-hybridized carbons (Fsp3) is 0.211. The van der Waals surface area contributed by atoms with Crippen LogP contribution in [0.3, 0.4) is 0 Å². The van der Waals surface area contributed by atoms with Gasteiger partial charge in [-0.3, -0.25) is 14.2 Å². The fourth-order valence-corrected chi connectivity index (χ4v) is 4.42. The summed E-state index contributed by atoms with van der Waals surface area (Å²) in [6, 6.07) is 9.06. The Kier molecular flexibility index (Phi) is 6.36. The third kappa shape index (κ3) is 4.61. The molecule has 0 aliphatic rings. The van der Waals surface area contributed by atoms with Crippen molar-refractivity contribution >= 4 is 46.5 Å². The van der Waals surface area contributed by atoms with E-state index in [1.165, 1.54) is 23.1 Å². The highest BCUT2D eigenvalue weighted by Crippen LogP contribution is 2.26. The van der Waals surface area contributed by atoms with E-state index in [4.69, 9.17) is 16.3 Å². The first-order chi connectivity index (χ1) is 13.0. The van der Waals surface area contributed by atoms with Gasteiger partial charge in [0.25, 0.3) is 0 Å². The molecule has 0 fully saturated rings. The Morgan fingerprint density at radius 2 is 2.07 bits per heavy atom. The largest absolute Gasteiger partial charge is 0.457 e. The molecule has 0 unspecified atom stereocenters. The van der Waals surface area contributed by atoms with E-state index in [-0.39, 0.29) is 18.1 Å². The fourth-order valence-electron chi connectivity index (χ4n) is 2.63. The average Bonchev–Trinajstić information content (AvgIpc) is 3.26. The number of rotatable bonds is 7. The van der Waals surface area contributed by atoms with E-state index >= 15 is 0 Å². The number of carbonyl (C=O) groups excluding carboxylic acids is 2. The highest BCUT2D eigenvalue weighted by atomic mass is 35.5. The van der Waals surface area contributed by atoms with Crippen molar-refractivity contribution in [3.63, 3.8) is 0 Å². The number of carbonyl (C=O) groups is 2. The van der Waals surface area contributed by atoms with Crippen LogP contribution in [0.25, 0.3) is 5.13 Å². The Hall–Kier alpha value is -2.09. The van der Waals surface area contributed by atoms with Crippen LogP contribution in [0, 0.1) is 13.8 Å². The molecule has 0 bridgehead atoms. The number of ether oxygens (including phenoxy) is 1. The molecule has 0 saturated heterocycles. The third-order valence-electron chi connectivity index (χ3n) is 3.89. The van der Waals surface area contributed by atoms with E-state index in [9.17, 15) is 9.59 Å². The smallest absolute Gasteiger partial charge is 0.316 e. The lowest BCUT2D eigenvalue weighted by molar-refractivity contribution is -0.139. The second-order valence-electron chi connectivity index (χ2n) is 5.74. The van der Waals surface area contributed by atoms with Gasteiger partial charge in [0.05, 0.1) is 10.8 Å². The summed E-state index contributed by atoms with van der Waals surface area (Å²) in [7, 11) is 0. The Morgan fingerprint density at radius 1 is 1.30 bits per heavy atom. The molecule has 0 aliphatic heterocycles. The molecule has 0 atom stereocenters. The van der Waals surface area contributed by atoms with Crippen LogP contribution >= 0.6 is 34.7 Å². The van der Waals surface area contributed by atoms with E-state index in [1.807, 2.05) is 42.0 Å². The number of aryl methyl sites for hydroxylation is 1. The topological polar surface area (TPSA) is 61.2 Å². The minimum atomic E-state index is -0.456. The van der Waals surface area contributed by atoms with Gasteiger partial charge in [0, 0.05) is 33.4 Å². The summed E-state index contributed by atoms with van der Waals surface area (Å²) in [5.74, 6) is -0.598. The monoisotopic (exact) mass is 420 g/mol. The average molecular weight is 421 g/mol. The highest BCUT2D eigenvalue weighted by molar-refractivity contribution is 8.00. The molecule has 3 aromatic rings. The van der Waals surface area contributed by atoms with Crippen molar-refractivity contribution in [3.05, 3.63) is 63.9 Å². The molecule has 140 valence electrons. The summed E-state index contributed by atoms with van der Waals surface area (Å²) in [4.78, 5) is 29.5. The van der Waals surface area contributed by atoms with Crippen molar-refractivity contribution in [3.8, 4) is 5.13 Å². The summed E-state index contributed by atoms with van der Waals surface area (Å²) in [5.41, 5.74) is 2.23. The summed E-state index contributed by atoms with van der Waals surface area (Å²) in [5, 5.41) is 3.27. The van der Waals surface area contributed by atoms with Gasteiger partial charge in [-0.15, -0.1) is 23.1 Å². The first kappa shape index (κ1) is 19.7. The predicted octanol–water partition coefficient (Wildman–Crippen LogP) is 4.72. The molecule has 0 radical (unpaired) electrons. The van der Waals surface area contributed by atoms with E-state index in [0.29, 0.717) is 10.6 Å². The van der Waals surface area contributed by atoms with Crippen LogP contribution < -0.4 is 0 Å². The lowest BCUT2D eigenvalue weighted by Gasteiger charge is -2.07. The Bertz CT molecular complexity index is 968. The van der Waals surface area contributed by atoms with Crippen LogP contribution in [0.2, 0.25) is 5.02 Å². The molecule has 2 aromatic heterocycles. The van der Waals surface area contributed by atoms with Gasteiger partial charge in [-0.2, -0.15) is 0 Å². The zero-order chi connectivity index (χ0) is 19.4. The molecule has 0 saturated carbocycles. The highest BCUT2D eigenvalue weighted by Gasteiger charge is 2.19. The van der Waals surface area contributed by atoms with Crippen molar-refractivity contribution in [2.24, 2.45) is 0 Å². The normalized spacial score (nSPS) is 10.8. The number of ketones is 1. The van der Waals surface area contributed by atoms with Gasteiger partial charge in [-0.25, -0.2) is 4.98 Å². The maximum Gasteiger partial charge on any atom is 0.316 e. The SMILES string of the molecule is Cc1cc(C(=O)COC(=O)CSc2ccccc2Cl)c(C)n1-c1nccs1. The first-order valence-electron chi connectivity index (χ1n) is 8.12. The molecule has 1 aromatic carbocycles. The maximum atomic E-state index is 12.5. The van der Waals surface area contributed by atoms with Crippen LogP contribution in [0.4, 0.5) is 0 Å². The van der Waals surface area contributed by atoms with Crippen LogP contribution in [-0.2, 0) is 9.53 Å². The van der Waals surface area contributed by atoms with E-state index in [2.05, 4.69) is 4.98 Å². The quantitative estimate of drug-likeness (QED) is 0.314. The Balaban J connectivity index is 1.59. The molecule has 3 rings (SSSR count). The molecular formula is C19H17ClN2O3S2.